The number of aliphatic hydroxyl groups excluding tert-OH is 2. The molecule has 334 valence electrons. The summed E-state index contributed by atoms with van der Waals surface area (Å²) in [6.07, 6.45) is 2.66. The number of unbranched alkanes of at least 4 members (excludes halogenated alkanes) is 4. The van der Waals surface area contributed by atoms with Gasteiger partial charge in [0.05, 0.1) is 19.5 Å². The molecule has 0 bridgehead atoms. The van der Waals surface area contributed by atoms with E-state index in [2.05, 4.69) is 40.5 Å². The van der Waals surface area contributed by atoms with Crippen molar-refractivity contribution >= 4 is 69.1 Å². The number of carbonyl (C=O) groups is 3. The zero-order valence-electron chi connectivity index (χ0n) is 32.5. The maximum atomic E-state index is 12.7. The van der Waals surface area contributed by atoms with Crippen molar-refractivity contribution in [3.8, 4) is 0 Å². The fourth-order valence-corrected chi connectivity index (χ4v) is 8.97. The number of nitrogens with zero attached hydrogens (tertiary/aromatic N) is 4. The fraction of sp³-hybridized carbons (Fsp3) is 0.677. The molecule has 7 atom stereocenters. The topological polar surface area (TPSA) is 364 Å². The average Bonchev–Trinajstić information content (AvgIpc) is 3.71. The lowest BCUT2D eigenvalue weighted by Gasteiger charge is -2.30. The molecule has 1 fully saturated rings. The molecule has 1 aliphatic rings. The maximum absolute atomic E-state index is 12.7. The van der Waals surface area contributed by atoms with Crippen molar-refractivity contribution in [3.05, 3.63) is 24.8 Å². The van der Waals surface area contributed by atoms with Crippen LogP contribution in [0.15, 0.2) is 24.8 Å². The van der Waals surface area contributed by atoms with E-state index in [1.165, 1.54) is 13.8 Å². The summed E-state index contributed by atoms with van der Waals surface area (Å²) in [6.45, 7) is 2.53. The fourth-order valence-electron chi connectivity index (χ4n) is 5.42. The lowest BCUT2D eigenvalue weighted by atomic mass is 9.87. The molecule has 3 rings (SSSR count). The van der Waals surface area contributed by atoms with Crippen LogP contribution in [0.2, 0.25) is 0 Å². The van der Waals surface area contributed by atoms with E-state index in [0.717, 1.165) is 61.1 Å². The Morgan fingerprint density at radius 1 is 1.02 bits per heavy atom. The van der Waals surface area contributed by atoms with E-state index in [-0.39, 0.29) is 41.6 Å². The quantitative estimate of drug-likeness (QED) is 0.0367. The van der Waals surface area contributed by atoms with Gasteiger partial charge in [-0.05, 0) is 26.2 Å². The van der Waals surface area contributed by atoms with Crippen molar-refractivity contribution in [1.82, 2.24) is 30.2 Å². The van der Waals surface area contributed by atoms with Gasteiger partial charge in [0, 0.05) is 37.1 Å². The first-order valence-electron chi connectivity index (χ1n) is 18.2. The van der Waals surface area contributed by atoms with Gasteiger partial charge in [0.2, 0.25) is 11.8 Å². The molecule has 0 saturated carbocycles. The molecule has 0 radical (unpaired) electrons. The largest absolute Gasteiger partial charge is 0.481 e. The van der Waals surface area contributed by atoms with Crippen LogP contribution in [0.5, 0.6) is 0 Å². The molecule has 1 saturated heterocycles. The summed E-state index contributed by atoms with van der Waals surface area (Å²) in [5, 5.41) is 26.5. The van der Waals surface area contributed by atoms with Gasteiger partial charge in [0.25, 0.3) is 0 Å². The summed E-state index contributed by atoms with van der Waals surface area (Å²) in [7, 11) is -16.4. The third kappa shape index (κ3) is 16.9. The van der Waals surface area contributed by atoms with Crippen LogP contribution in [0.3, 0.4) is 0 Å². The van der Waals surface area contributed by atoms with E-state index in [4.69, 9.17) is 19.5 Å². The van der Waals surface area contributed by atoms with Crippen LogP contribution < -0.4 is 16.4 Å². The highest BCUT2D eigenvalue weighted by Gasteiger charge is 2.50. The molecule has 59 heavy (non-hydrogen) atoms. The monoisotopic (exact) mass is 919 g/mol. The molecule has 0 aliphatic carbocycles. The number of nitrogens with one attached hydrogen (secondary N) is 2. The van der Waals surface area contributed by atoms with E-state index < -0.39 is 84.6 Å². The van der Waals surface area contributed by atoms with Crippen molar-refractivity contribution in [2.24, 2.45) is 5.41 Å². The third-order valence-electron chi connectivity index (χ3n) is 8.50. The molecule has 10 N–H and O–H groups in total. The molecule has 7 unspecified atom stereocenters. The molecule has 2 aromatic heterocycles. The van der Waals surface area contributed by atoms with E-state index in [0.29, 0.717) is 12.2 Å². The molecular weight excluding hydrogens is 867 g/mol. The molecule has 28 heteroatoms. The van der Waals surface area contributed by atoms with Gasteiger partial charge < -0.3 is 50.9 Å². The number of carbonyl (C=O) groups excluding carboxylic acids is 3. The first-order chi connectivity index (χ1) is 27.6. The van der Waals surface area contributed by atoms with Gasteiger partial charge in [0.1, 0.15) is 36.3 Å². The molecule has 2 amide bonds. The number of allylic oxidation sites excluding steroid dienone is 2. The highest BCUT2D eigenvalue weighted by molar-refractivity contribution is 8.13. The summed E-state index contributed by atoms with van der Waals surface area (Å²) in [5.41, 5.74) is 4.27. The Labute approximate surface area is 343 Å². The molecule has 1 aliphatic heterocycles. The number of anilines is 1. The number of phosphoric acid groups is 3. The van der Waals surface area contributed by atoms with Gasteiger partial charge in [-0.2, -0.15) is 4.31 Å². The summed E-state index contributed by atoms with van der Waals surface area (Å²) < 4.78 is 62.2. The summed E-state index contributed by atoms with van der Waals surface area (Å²) in [5.74, 6) is -1.05. The Morgan fingerprint density at radius 3 is 2.41 bits per heavy atom. The minimum absolute atomic E-state index is 0.0319. The Balaban J connectivity index is 1.42. The molecular formula is C31H52N7O17P3S. The van der Waals surface area contributed by atoms with Gasteiger partial charge in [0.15, 0.2) is 22.8 Å². The Bertz CT molecular complexity index is 1900. The highest BCUT2D eigenvalue weighted by atomic mass is 32.2. The first-order valence-corrected chi connectivity index (χ1v) is 23.7. The maximum Gasteiger partial charge on any atom is 0.481 e. The molecule has 24 nitrogen and oxygen atoms in total. The van der Waals surface area contributed by atoms with Crippen molar-refractivity contribution < 1.29 is 80.5 Å². The Kier molecular flexibility index (Phi) is 19.7. The summed E-state index contributed by atoms with van der Waals surface area (Å²) in [4.78, 5) is 87.8. The number of hydrogen-bond donors (Lipinski definition) is 9. The van der Waals surface area contributed by atoms with Crippen LogP contribution in [0.25, 0.3) is 11.2 Å². The van der Waals surface area contributed by atoms with Crippen LogP contribution in [0.4, 0.5) is 5.82 Å². The predicted molar refractivity (Wildman–Crippen MR) is 210 cm³/mol. The number of hydrogen-bond acceptors (Lipinski definition) is 18. The first kappa shape index (κ1) is 50.7. The van der Waals surface area contributed by atoms with Crippen molar-refractivity contribution in [1.29, 1.82) is 0 Å². The highest BCUT2D eigenvalue weighted by Crippen LogP contribution is 2.61. The molecule has 3 heterocycles. The van der Waals surface area contributed by atoms with E-state index >= 15 is 0 Å². The lowest BCUT2D eigenvalue weighted by Crippen LogP contribution is -2.46. The van der Waals surface area contributed by atoms with Crippen LogP contribution in [0, 0.1) is 5.41 Å². The second-order valence-corrected chi connectivity index (χ2v) is 19.2. The Hall–Kier alpha value is -2.70. The van der Waals surface area contributed by atoms with Crippen molar-refractivity contribution in [2.75, 3.05) is 37.8 Å². The summed E-state index contributed by atoms with van der Waals surface area (Å²) >= 11 is 1.13. The molecule has 2 aromatic rings. The number of aromatic nitrogens is 4. The zero-order chi connectivity index (χ0) is 44.0. The number of fused-ring (bicyclic) bond motifs is 1. The van der Waals surface area contributed by atoms with E-state index in [9.17, 15) is 57.9 Å². The van der Waals surface area contributed by atoms with Gasteiger partial charge in [-0.1, -0.05) is 50.6 Å². The van der Waals surface area contributed by atoms with Crippen LogP contribution in [-0.4, -0.2) is 123 Å². The number of aliphatic hydroxyl groups is 2. The minimum Gasteiger partial charge on any atom is -0.386 e. The average molecular weight is 920 g/mol. The molecule has 0 spiro atoms. The van der Waals surface area contributed by atoms with E-state index in [1.807, 2.05) is 13.0 Å². The van der Waals surface area contributed by atoms with E-state index in [1.54, 1.807) is 0 Å². The Morgan fingerprint density at radius 2 is 1.71 bits per heavy atom. The predicted octanol–water partition coefficient (Wildman–Crippen LogP) is 1.58. The van der Waals surface area contributed by atoms with Crippen LogP contribution in [0.1, 0.15) is 71.9 Å². The number of nitrogens with two attached hydrogens (primary N) is 1. The van der Waals surface area contributed by atoms with Crippen LogP contribution in [-0.2, 0) is 50.7 Å². The molecule has 0 aromatic carbocycles. The number of ether oxygens (including phenoxy) is 1. The smallest absolute Gasteiger partial charge is 0.386 e. The number of rotatable bonds is 26. The number of phosphoric ester groups is 3. The second-order valence-electron chi connectivity index (χ2n) is 13.8. The van der Waals surface area contributed by atoms with Crippen molar-refractivity contribution in [2.45, 2.75) is 96.4 Å². The SMILES string of the molecule is C/C=C/CCCCCCC(=O)SCCNC(=O)CCNC(=O)C(O)C(C)(C)COP(=O)(O)OP(=O)(O)OCC1OC(n2cnc3c(N)ncnc32)C(O)C1OP(=O)(O)O. The zero-order valence-corrected chi connectivity index (χ0v) is 36.0. The van der Waals surface area contributed by atoms with Gasteiger partial charge in [-0.25, -0.2) is 28.6 Å². The van der Waals surface area contributed by atoms with Gasteiger partial charge in [-0.3, -0.25) is 32.5 Å². The number of thioether (sulfide) groups is 1. The lowest BCUT2D eigenvalue weighted by molar-refractivity contribution is -0.137. The normalized spacial score (nSPS) is 21.3. The number of imidazole rings is 1. The minimum atomic E-state index is -5.57. The van der Waals surface area contributed by atoms with Gasteiger partial charge in [-0.15, -0.1) is 0 Å². The van der Waals surface area contributed by atoms with Gasteiger partial charge >= 0.3 is 23.5 Å². The third-order valence-corrected chi connectivity index (χ3v) is 12.5. The number of amides is 2. The van der Waals surface area contributed by atoms with Crippen LogP contribution >= 0.6 is 35.2 Å². The van der Waals surface area contributed by atoms with Crippen molar-refractivity contribution in [3.63, 3.8) is 0 Å². The second kappa shape index (κ2) is 22.9. The standard InChI is InChI=1S/C31H52N7O17P3S/c1-4-5-6-7-8-9-10-11-22(40)59-15-14-33-21(39)12-13-34-29(43)26(42)31(2,3)17-52-58(49,50)55-57(47,48)51-16-20-25(54-56(44,45)46)24(41)30(53-20)38-19-37-23-27(32)35-18-36-28(23)38/h4-5,18-20,24-26,30,41-42H,6-17H2,1-3H3,(H,33,39)(H,34,43)(H,47,48)(H,49,50)(H2,32,35,36)(H2,44,45,46)/b5-4+. The number of nitrogen functional groups attached to an aromatic ring is 1. The summed E-state index contributed by atoms with van der Waals surface area (Å²) in [6, 6.07) is 0.